The zero-order chi connectivity index (χ0) is 12.3. The molecule has 1 aliphatic rings. The summed E-state index contributed by atoms with van der Waals surface area (Å²) in [6.45, 7) is 1.39. The Labute approximate surface area is 99.9 Å². The summed E-state index contributed by atoms with van der Waals surface area (Å²) in [6, 6.07) is 5.33. The lowest BCUT2D eigenvalue weighted by Crippen LogP contribution is -2.42. The van der Waals surface area contributed by atoms with Crippen LogP contribution in [-0.4, -0.2) is 34.9 Å². The Balaban J connectivity index is 2.06. The number of amides is 1. The van der Waals surface area contributed by atoms with Gasteiger partial charge in [0, 0.05) is 25.3 Å². The Kier molecular flexibility index (Phi) is 3.35. The minimum atomic E-state index is -0.0334. The van der Waals surface area contributed by atoms with Gasteiger partial charge < -0.3 is 10.6 Å². The van der Waals surface area contributed by atoms with Gasteiger partial charge >= 0.3 is 0 Å². The van der Waals surface area contributed by atoms with E-state index in [9.17, 15) is 4.79 Å². The monoisotopic (exact) mass is 230 g/mol. The molecule has 0 spiro atoms. The Morgan fingerprint density at radius 2 is 2.18 bits per heavy atom. The molecule has 0 atom stereocenters. The van der Waals surface area contributed by atoms with Crippen LogP contribution in [0.4, 0.5) is 0 Å². The average Bonchev–Trinajstić information content (AvgIpc) is 2.39. The summed E-state index contributed by atoms with van der Waals surface area (Å²) < 4.78 is 0. The minimum absolute atomic E-state index is 0.0334. The van der Waals surface area contributed by atoms with Crippen molar-refractivity contribution in [1.29, 1.82) is 5.26 Å². The molecule has 2 N–H and O–H groups in total. The van der Waals surface area contributed by atoms with E-state index >= 15 is 0 Å². The van der Waals surface area contributed by atoms with Crippen molar-refractivity contribution in [3.63, 3.8) is 0 Å². The minimum Gasteiger partial charge on any atom is -0.338 e. The third-order valence-electron chi connectivity index (χ3n) is 2.95. The molecule has 17 heavy (non-hydrogen) atoms. The number of carbonyl (C=O) groups is 1. The summed E-state index contributed by atoms with van der Waals surface area (Å²) >= 11 is 0. The van der Waals surface area contributed by atoms with Crippen LogP contribution >= 0.6 is 0 Å². The van der Waals surface area contributed by atoms with Crippen molar-refractivity contribution < 1.29 is 4.79 Å². The van der Waals surface area contributed by atoms with Gasteiger partial charge in [-0.1, -0.05) is 0 Å². The molecule has 1 fully saturated rings. The van der Waals surface area contributed by atoms with E-state index in [0.29, 0.717) is 24.3 Å². The van der Waals surface area contributed by atoms with Gasteiger partial charge in [-0.25, -0.2) is 4.98 Å². The van der Waals surface area contributed by atoms with E-state index in [1.54, 1.807) is 17.0 Å². The van der Waals surface area contributed by atoms with Crippen molar-refractivity contribution in [3.8, 4) is 6.07 Å². The number of likely N-dealkylation sites (tertiary alicyclic amines) is 1. The summed E-state index contributed by atoms with van der Waals surface area (Å²) in [6.07, 6.45) is 3.14. The lowest BCUT2D eigenvalue weighted by atomic mass is 10.1. The zero-order valence-corrected chi connectivity index (χ0v) is 9.47. The van der Waals surface area contributed by atoms with Crippen LogP contribution in [0.15, 0.2) is 18.3 Å². The first-order valence-electron chi connectivity index (χ1n) is 5.61. The highest BCUT2D eigenvalue weighted by Crippen LogP contribution is 2.12. The smallest absolute Gasteiger partial charge is 0.255 e. The molecule has 1 amide bonds. The van der Waals surface area contributed by atoms with Gasteiger partial charge in [-0.2, -0.15) is 5.26 Å². The van der Waals surface area contributed by atoms with Crippen LogP contribution in [0, 0.1) is 11.3 Å². The topological polar surface area (TPSA) is 83.0 Å². The highest BCUT2D eigenvalue weighted by atomic mass is 16.2. The standard InChI is InChI=1S/C12H14N4O/c13-7-11-2-1-9(8-15-11)12(17)16-5-3-10(14)4-6-16/h1-2,8,10H,3-6,14H2. The molecular formula is C12H14N4O. The van der Waals surface area contributed by atoms with E-state index in [-0.39, 0.29) is 11.9 Å². The lowest BCUT2D eigenvalue weighted by molar-refractivity contribution is 0.0714. The van der Waals surface area contributed by atoms with E-state index in [4.69, 9.17) is 11.0 Å². The molecule has 5 nitrogen and oxygen atoms in total. The van der Waals surface area contributed by atoms with Gasteiger partial charge in [0.25, 0.3) is 5.91 Å². The third kappa shape index (κ3) is 2.60. The molecule has 1 aromatic rings. The highest BCUT2D eigenvalue weighted by molar-refractivity contribution is 5.94. The fraction of sp³-hybridized carbons (Fsp3) is 0.417. The number of rotatable bonds is 1. The maximum Gasteiger partial charge on any atom is 0.255 e. The fourth-order valence-electron chi connectivity index (χ4n) is 1.87. The van der Waals surface area contributed by atoms with Crippen LogP contribution < -0.4 is 5.73 Å². The number of hydrogen-bond acceptors (Lipinski definition) is 4. The number of aromatic nitrogens is 1. The first-order valence-corrected chi connectivity index (χ1v) is 5.61. The van der Waals surface area contributed by atoms with Gasteiger partial charge in [0.1, 0.15) is 11.8 Å². The van der Waals surface area contributed by atoms with Gasteiger partial charge in [0.05, 0.1) is 5.56 Å². The molecule has 2 heterocycles. The van der Waals surface area contributed by atoms with E-state index < -0.39 is 0 Å². The summed E-state index contributed by atoms with van der Waals surface area (Å²) in [5.74, 6) is -0.0334. The molecule has 0 aliphatic carbocycles. The molecule has 0 bridgehead atoms. The zero-order valence-electron chi connectivity index (χ0n) is 9.47. The second-order valence-corrected chi connectivity index (χ2v) is 4.17. The van der Waals surface area contributed by atoms with Crippen molar-refractivity contribution in [2.75, 3.05) is 13.1 Å². The predicted octanol–water partition coefficient (Wildman–Crippen LogP) is 0.517. The predicted molar refractivity (Wildman–Crippen MR) is 62.1 cm³/mol. The van der Waals surface area contributed by atoms with Gasteiger partial charge in [0.15, 0.2) is 0 Å². The lowest BCUT2D eigenvalue weighted by Gasteiger charge is -2.30. The first kappa shape index (κ1) is 11.6. The van der Waals surface area contributed by atoms with Gasteiger partial charge in [0.2, 0.25) is 0 Å². The normalized spacial score (nSPS) is 16.6. The Morgan fingerprint density at radius 1 is 1.47 bits per heavy atom. The molecular weight excluding hydrogens is 216 g/mol. The first-order chi connectivity index (χ1) is 8.20. The van der Waals surface area contributed by atoms with E-state index in [1.807, 2.05) is 6.07 Å². The molecule has 88 valence electrons. The van der Waals surface area contributed by atoms with E-state index in [0.717, 1.165) is 12.8 Å². The number of nitrogens with zero attached hydrogens (tertiary/aromatic N) is 3. The van der Waals surface area contributed by atoms with Crippen LogP contribution in [-0.2, 0) is 0 Å². The Morgan fingerprint density at radius 3 is 2.71 bits per heavy atom. The van der Waals surface area contributed by atoms with E-state index in [2.05, 4.69) is 4.98 Å². The largest absolute Gasteiger partial charge is 0.338 e. The van der Waals surface area contributed by atoms with Crippen LogP contribution in [0.1, 0.15) is 28.9 Å². The van der Waals surface area contributed by atoms with Crippen LogP contribution in [0.25, 0.3) is 0 Å². The van der Waals surface area contributed by atoms with Crippen molar-refractivity contribution in [2.24, 2.45) is 5.73 Å². The Hall–Kier alpha value is -1.93. The van der Waals surface area contributed by atoms with Crippen LogP contribution in [0.2, 0.25) is 0 Å². The molecule has 1 saturated heterocycles. The molecule has 2 rings (SSSR count). The third-order valence-corrected chi connectivity index (χ3v) is 2.95. The summed E-state index contributed by atoms with van der Waals surface area (Å²) in [5, 5.41) is 8.62. The maximum absolute atomic E-state index is 12.1. The van der Waals surface area contributed by atoms with Gasteiger partial charge in [-0.3, -0.25) is 4.79 Å². The molecule has 0 saturated carbocycles. The summed E-state index contributed by atoms with van der Waals surface area (Å²) in [4.78, 5) is 17.7. The number of nitrogens with two attached hydrogens (primary N) is 1. The fourth-order valence-corrected chi connectivity index (χ4v) is 1.87. The average molecular weight is 230 g/mol. The highest BCUT2D eigenvalue weighted by Gasteiger charge is 2.21. The van der Waals surface area contributed by atoms with E-state index in [1.165, 1.54) is 6.20 Å². The van der Waals surface area contributed by atoms with Crippen molar-refractivity contribution in [3.05, 3.63) is 29.6 Å². The molecule has 5 heteroatoms. The number of nitriles is 1. The Bertz CT molecular complexity index is 441. The van der Waals surface area contributed by atoms with Crippen molar-refractivity contribution >= 4 is 5.91 Å². The van der Waals surface area contributed by atoms with Gasteiger partial charge in [-0.15, -0.1) is 0 Å². The summed E-state index contributed by atoms with van der Waals surface area (Å²) in [5.41, 5.74) is 6.64. The molecule has 0 aromatic carbocycles. The van der Waals surface area contributed by atoms with Gasteiger partial charge in [-0.05, 0) is 25.0 Å². The number of pyridine rings is 1. The van der Waals surface area contributed by atoms with Crippen molar-refractivity contribution in [1.82, 2.24) is 9.88 Å². The SMILES string of the molecule is N#Cc1ccc(C(=O)N2CCC(N)CC2)cn1. The number of hydrogen-bond donors (Lipinski definition) is 1. The number of carbonyl (C=O) groups excluding carboxylic acids is 1. The molecule has 0 unspecified atom stereocenters. The number of piperidine rings is 1. The second kappa shape index (κ2) is 4.93. The molecule has 1 aliphatic heterocycles. The van der Waals surface area contributed by atoms with Crippen molar-refractivity contribution in [2.45, 2.75) is 18.9 Å². The second-order valence-electron chi connectivity index (χ2n) is 4.17. The molecule has 0 radical (unpaired) electrons. The quantitative estimate of drug-likeness (QED) is 0.762. The maximum atomic E-state index is 12.1. The molecule has 1 aromatic heterocycles. The van der Waals surface area contributed by atoms with Crippen LogP contribution in [0.5, 0.6) is 0 Å². The summed E-state index contributed by atoms with van der Waals surface area (Å²) in [7, 11) is 0. The van der Waals surface area contributed by atoms with Crippen LogP contribution in [0.3, 0.4) is 0 Å².